The SMILES string of the molecule is Cc1ccnc(NC(=O)CN(C)CC(=O)NCc2ccccc2OC(F)(F)F)c1. The van der Waals surface area contributed by atoms with Crippen molar-refractivity contribution in [1.29, 1.82) is 0 Å². The molecule has 0 saturated carbocycles. The van der Waals surface area contributed by atoms with Crippen LogP contribution in [0.1, 0.15) is 11.1 Å². The number of rotatable bonds is 8. The van der Waals surface area contributed by atoms with E-state index in [2.05, 4.69) is 20.4 Å². The maximum atomic E-state index is 12.4. The van der Waals surface area contributed by atoms with E-state index in [4.69, 9.17) is 0 Å². The van der Waals surface area contributed by atoms with E-state index < -0.39 is 12.3 Å². The zero-order valence-electron chi connectivity index (χ0n) is 15.9. The molecular weight excluding hydrogens is 389 g/mol. The van der Waals surface area contributed by atoms with Crippen LogP contribution in [0, 0.1) is 6.92 Å². The number of nitrogens with one attached hydrogen (secondary N) is 2. The third-order valence-corrected chi connectivity index (χ3v) is 3.68. The fourth-order valence-electron chi connectivity index (χ4n) is 2.46. The van der Waals surface area contributed by atoms with Gasteiger partial charge in [-0.05, 0) is 37.7 Å². The van der Waals surface area contributed by atoms with Crippen LogP contribution in [0.2, 0.25) is 0 Å². The van der Waals surface area contributed by atoms with Crippen LogP contribution in [0.3, 0.4) is 0 Å². The third-order valence-electron chi connectivity index (χ3n) is 3.68. The number of para-hydroxylation sites is 1. The molecule has 2 aromatic rings. The number of nitrogens with zero attached hydrogens (tertiary/aromatic N) is 2. The van der Waals surface area contributed by atoms with Gasteiger partial charge in [0.2, 0.25) is 11.8 Å². The van der Waals surface area contributed by atoms with Crippen molar-refractivity contribution in [3.63, 3.8) is 0 Å². The van der Waals surface area contributed by atoms with Crippen LogP contribution in [0.4, 0.5) is 19.0 Å². The number of pyridine rings is 1. The molecule has 29 heavy (non-hydrogen) atoms. The number of halogens is 3. The number of alkyl halides is 3. The van der Waals surface area contributed by atoms with Crippen LogP contribution in [0.5, 0.6) is 5.75 Å². The van der Waals surface area contributed by atoms with Gasteiger partial charge in [-0.15, -0.1) is 13.2 Å². The summed E-state index contributed by atoms with van der Waals surface area (Å²) in [6, 6.07) is 9.05. The van der Waals surface area contributed by atoms with Gasteiger partial charge < -0.3 is 15.4 Å². The Kier molecular flexibility index (Phi) is 7.54. The Labute approximate surface area is 165 Å². The molecule has 2 amide bonds. The molecule has 0 fully saturated rings. The average Bonchev–Trinajstić information content (AvgIpc) is 2.59. The summed E-state index contributed by atoms with van der Waals surface area (Å²) in [4.78, 5) is 29.6. The van der Waals surface area contributed by atoms with Crippen LogP contribution in [0.15, 0.2) is 42.6 Å². The largest absolute Gasteiger partial charge is 0.573 e. The standard InChI is InChI=1S/C19H21F3N4O3/c1-13-7-8-23-16(9-13)25-18(28)12-26(2)11-17(27)24-10-14-5-3-4-6-15(14)29-19(20,21)22/h3-9H,10-12H2,1-2H3,(H,24,27)(H,23,25,28). The molecule has 0 unspecified atom stereocenters. The fourth-order valence-corrected chi connectivity index (χ4v) is 2.46. The summed E-state index contributed by atoms with van der Waals surface area (Å²) < 4.78 is 41.2. The zero-order chi connectivity index (χ0) is 21.4. The van der Waals surface area contributed by atoms with Crippen molar-refractivity contribution in [3.05, 3.63) is 53.7 Å². The fraction of sp³-hybridized carbons (Fsp3) is 0.316. The molecule has 10 heteroatoms. The van der Waals surface area contributed by atoms with Gasteiger partial charge in [0.05, 0.1) is 13.1 Å². The van der Waals surface area contributed by atoms with Gasteiger partial charge in [0.25, 0.3) is 0 Å². The van der Waals surface area contributed by atoms with E-state index in [1.54, 1.807) is 31.4 Å². The highest BCUT2D eigenvalue weighted by atomic mass is 19.4. The van der Waals surface area contributed by atoms with Gasteiger partial charge in [-0.1, -0.05) is 18.2 Å². The van der Waals surface area contributed by atoms with Crippen LogP contribution < -0.4 is 15.4 Å². The summed E-state index contributed by atoms with van der Waals surface area (Å²) in [7, 11) is 1.57. The van der Waals surface area contributed by atoms with Gasteiger partial charge in [-0.25, -0.2) is 4.98 Å². The highest BCUT2D eigenvalue weighted by Gasteiger charge is 2.32. The number of aromatic nitrogens is 1. The lowest BCUT2D eigenvalue weighted by atomic mass is 10.2. The first-order valence-corrected chi connectivity index (χ1v) is 8.64. The molecule has 0 aliphatic heterocycles. The van der Waals surface area contributed by atoms with Gasteiger partial charge in [0, 0.05) is 18.3 Å². The summed E-state index contributed by atoms with van der Waals surface area (Å²) in [6.07, 6.45) is -3.25. The normalized spacial score (nSPS) is 11.2. The Balaban J connectivity index is 1.81. The number of carbonyl (C=O) groups is 2. The van der Waals surface area contributed by atoms with Crippen LogP contribution >= 0.6 is 0 Å². The first kappa shape index (κ1) is 22.2. The molecule has 0 spiro atoms. The topological polar surface area (TPSA) is 83.6 Å². The van der Waals surface area contributed by atoms with Crippen molar-refractivity contribution in [2.24, 2.45) is 0 Å². The van der Waals surface area contributed by atoms with E-state index in [9.17, 15) is 22.8 Å². The summed E-state index contributed by atoms with van der Waals surface area (Å²) in [5, 5.41) is 5.14. The molecule has 1 heterocycles. The lowest BCUT2D eigenvalue weighted by Crippen LogP contribution is -2.38. The third kappa shape index (κ3) is 8.18. The summed E-state index contributed by atoms with van der Waals surface area (Å²) >= 11 is 0. The summed E-state index contributed by atoms with van der Waals surface area (Å²) in [6.45, 7) is 1.55. The Morgan fingerprint density at radius 1 is 1.14 bits per heavy atom. The lowest BCUT2D eigenvalue weighted by Gasteiger charge is -2.17. The van der Waals surface area contributed by atoms with E-state index >= 15 is 0 Å². The Bertz CT molecular complexity index is 859. The molecule has 0 radical (unpaired) electrons. The van der Waals surface area contributed by atoms with Crippen molar-refractivity contribution in [2.75, 3.05) is 25.5 Å². The molecule has 0 saturated heterocycles. The van der Waals surface area contributed by atoms with E-state index in [1.807, 2.05) is 6.92 Å². The van der Waals surface area contributed by atoms with Crippen molar-refractivity contribution >= 4 is 17.6 Å². The van der Waals surface area contributed by atoms with Crippen LogP contribution in [-0.2, 0) is 16.1 Å². The van der Waals surface area contributed by atoms with Crippen molar-refractivity contribution in [1.82, 2.24) is 15.2 Å². The maximum absolute atomic E-state index is 12.4. The second kappa shape index (κ2) is 9.87. The van der Waals surface area contributed by atoms with Gasteiger partial charge in [0.15, 0.2) is 0 Å². The number of amides is 2. The predicted octanol–water partition coefficient (Wildman–Crippen LogP) is 2.48. The van der Waals surface area contributed by atoms with Gasteiger partial charge in [0.1, 0.15) is 11.6 Å². The van der Waals surface area contributed by atoms with E-state index in [-0.39, 0.29) is 36.9 Å². The minimum atomic E-state index is -4.82. The molecule has 0 aliphatic carbocycles. The van der Waals surface area contributed by atoms with Gasteiger partial charge >= 0.3 is 6.36 Å². The minimum Gasteiger partial charge on any atom is -0.405 e. The van der Waals surface area contributed by atoms with E-state index in [0.29, 0.717) is 5.82 Å². The van der Waals surface area contributed by atoms with Crippen molar-refractivity contribution in [2.45, 2.75) is 19.8 Å². The molecule has 156 valence electrons. The summed E-state index contributed by atoms with van der Waals surface area (Å²) in [5.74, 6) is -0.758. The molecule has 2 rings (SSSR count). The smallest absolute Gasteiger partial charge is 0.405 e. The average molecular weight is 410 g/mol. The first-order valence-electron chi connectivity index (χ1n) is 8.64. The monoisotopic (exact) mass is 410 g/mol. The number of carbonyl (C=O) groups excluding carboxylic acids is 2. The van der Waals surface area contributed by atoms with Gasteiger partial charge in [-0.2, -0.15) is 0 Å². The number of hydrogen-bond donors (Lipinski definition) is 2. The molecule has 1 aromatic carbocycles. The lowest BCUT2D eigenvalue weighted by molar-refractivity contribution is -0.274. The number of anilines is 1. The molecule has 2 N–H and O–H groups in total. The molecule has 0 atom stereocenters. The quantitative estimate of drug-likeness (QED) is 0.699. The molecule has 1 aromatic heterocycles. The number of hydrogen-bond acceptors (Lipinski definition) is 5. The van der Waals surface area contributed by atoms with Crippen molar-refractivity contribution in [3.8, 4) is 5.75 Å². The number of ether oxygens (including phenoxy) is 1. The predicted molar refractivity (Wildman–Crippen MR) is 100 cm³/mol. The summed E-state index contributed by atoms with van der Waals surface area (Å²) in [5.41, 5.74) is 1.13. The zero-order valence-corrected chi connectivity index (χ0v) is 15.9. The Morgan fingerprint density at radius 2 is 1.83 bits per heavy atom. The second-order valence-electron chi connectivity index (χ2n) is 6.37. The molecule has 7 nitrogen and oxygen atoms in total. The van der Waals surface area contributed by atoms with Crippen molar-refractivity contribution < 1.29 is 27.5 Å². The highest BCUT2D eigenvalue weighted by molar-refractivity contribution is 5.91. The molecule has 0 aliphatic rings. The van der Waals surface area contributed by atoms with Gasteiger partial charge in [-0.3, -0.25) is 14.5 Å². The maximum Gasteiger partial charge on any atom is 0.573 e. The van der Waals surface area contributed by atoms with E-state index in [1.165, 1.54) is 23.1 Å². The number of aryl methyl sites for hydroxylation is 1. The highest BCUT2D eigenvalue weighted by Crippen LogP contribution is 2.26. The Hall–Kier alpha value is -3.14. The molecular formula is C19H21F3N4O3. The van der Waals surface area contributed by atoms with E-state index in [0.717, 1.165) is 5.56 Å². The van der Waals surface area contributed by atoms with Crippen LogP contribution in [-0.4, -0.2) is 48.2 Å². The number of benzene rings is 1. The first-order chi connectivity index (χ1) is 13.6. The molecule has 0 bridgehead atoms. The number of likely N-dealkylation sites (N-methyl/N-ethyl adjacent to an activating group) is 1. The van der Waals surface area contributed by atoms with Crippen LogP contribution in [0.25, 0.3) is 0 Å². The Morgan fingerprint density at radius 3 is 2.52 bits per heavy atom. The second-order valence-corrected chi connectivity index (χ2v) is 6.37. The minimum absolute atomic E-state index is 0.0587.